The molecule has 1 aromatic rings. The van der Waals surface area contributed by atoms with Crippen molar-refractivity contribution < 1.29 is 14.3 Å². The van der Waals surface area contributed by atoms with E-state index in [4.69, 9.17) is 9.47 Å². The highest BCUT2D eigenvalue weighted by molar-refractivity contribution is 5.85. The summed E-state index contributed by atoms with van der Waals surface area (Å²) in [4.78, 5) is 13.9. The Bertz CT molecular complexity index is 450. The smallest absolute Gasteiger partial charge is 0.252 e. The van der Waals surface area contributed by atoms with Gasteiger partial charge in [-0.1, -0.05) is 18.2 Å². The van der Waals surface area contributed by atoms with Crippen molar-refractivity contribution in [2.75, 3.05) is 40.4 Å². The highest BCUT2D eigenvalue weighted by Gasteiger charge is 2.24. The van der Waals surface area contributed by atoms with Gasteiger partial charge < -0.3 is 19.7 Å². The fourth-order valence-corrected chi connectivity index (χ4v) is 2.28. The van der Waals surface area contributed by atoms with Crippen molar-refractivity contribution in [2.45, 2.75) is 12.5 Å². The molecule has 0 saturated carbocycles. The topological polar surface area (TPSA) is 50.8 Å². The molecule has 5 nitrogen and oxygen atoms in total. The van der Waals surface area contributed by atoms with Crippen LogP contribution in [0.2, 0.25) is 0 Å². The van der Waals surface area contributed by atoms with Gasteiger partial charge in [0.15, 0.2) is 0 Å². The minimum atomic E-state index is -0.355. The van der Waals surface area contributed by atoms with Gasteiger partial charge in [-0.3, -0.25) is 4.79 Å². The van der Waals surface area contributed by atoms with Gasteiger partial charge in [-0.05, 0) is 18.1 Å². The molecule has 1 aromatic carbocycles. The Morgan fingerprint density at radius 3 is 2.90 bits per heavy atom. The second-order valence-electron chi connectivity index (χ2n) is 4.89. The first kappa shape index (κ1) is 17.8. The van der Waals surface area contributed by atoms with E-state index in [9.17, 15) is 4.79 Å². The number of hydrogen-bond acceptors (Lipinski definition) is 4. The van der Waals surface area contributed by atoms with Crippen molar-refractivity contribution in [1.29, 1.82) is 0 Å². The number of likely N-dealkylation sites (N-methyl/N-ethyl adjacent to an activating group) is 1. The van der Waals surface area contributed by atoms with Crippen molar-refractivity contribution in [3.63, 3.8) is 0 Å². The summed E-state index contributed by atoms with van der Waals surface area (Å²) >= 11 is 0. The molecular weight excluding hydrogens is 292 g/mol. The van der Waals surface area contributed by atoms with Crippen LogP contribution in [0.25, 0.3) is 0 Å². The van der Waals surface area contributed by atoms with Gasteiger partial charge in [0, 0.05) is 26.7 Å². The zero-order valence-corrected chi connectivity index (χ0v) is 13.3. The van der Waals surface area contributed by atoms with Crippen molar-refractivity contribution in [3.05, 3.63) is 29.8 Å². The molecule has 1 aliphatic heterocycles. The molecule has 0 radical (unpaired) electrons. The number of hydrogen-bond donors (Lipinski definition) is 1. The third-order valence-electron chi connectivity index (χ3n) is 3.49. The second kappa shape index (κ2) is 8.87. The van der Waals surface area contributed by atoms with Crippen molar-refractivity contribution in [2.24, 2.45) is 0 Å². The summed E-state index contributed by atoms with van der Waals surface area (Å²) in [5.41, 5.74) is 1.11. The number of rotatable bonds is 5. The summed E-state index contributed by atoms with van der Waals surface area (Å²) in [5, 5.41) is 3.17. The Hall–Kier alpha value is -1.30. The predicted molar refractivity (Wildman–Crippen MR) is 84.2 cm³/mol. The molecule has 1 unspecified atom stereocenters. The van der Waals surface area contributed by atoms with Crippen LogP contribution in [-0.4, -0.2) is 57.3 Å². The molecule has 1 saturated heterocycles. The number of amides is 1. The van der Waals surface area contributed by atoms with Crippen molar-refractivity contribution >= 4 is 18.3 Å². The van der Waals surface area contributed by atoms with E-state index in [2.05, 4.69) is 5.32 Å². The standard InChI is InChI=1S/C15H22N2O3.ClH/c1-17(15(18)14-11-16-8-10-20-14)9-7-12-5-3-4-6-13(12)19-2;/h3-6,14,16H,7-11H2,1-2H3;1H. The zero-order chi connectivity index (χ0) is 14.4. The molecule has 1 atom stereocenters. The molecule has 0 bridgehead atoms. The van der Waals surface area contributed by atoms with Crippen LogP contribution in [-0.2, 0) is 16.0 Å². The van der Waals surface area contributed by atoms with E-state index in [1.165, 1.54) is 0 Å². The van der Waals surface area contributed by atoms with Crippen LogP contribution in [0.3, 0.4) is 0 Å². The number of ether oxygens (including phenoxy) is 2. The van der Waals surface area contributed by atoms with E-state index in [1.54, 1.807) is 12.0 Å². The number of morpholine rings is 1. The molecule has 0 aliphatic carbocycles. The average molecular weight is 315 g/mol. The van der Waals surface area contributed by atoms with E-state index < -0.39 is 0 Å². The summed E-state index contributed by atoms with van der Waals surface area (Å²) in [6.45, 7) is 2.66. The maximum atomic E-state index is 12.2. The van der Waals surface area contributed by atoms with Crippen LogP contribution in [0.15, 0.2) is 24.3 Å². The molecule has 118 valence electrons. The molecule has 1 fully saturated rings. The lowest BCUT2D eigenvalue weighted by molar-refractivity contribution is -0.143. The fraction of sp³-hybridized carbons (Fsp3) is 0.533. The van der Waals surface area contributed by atoms with E-state index in [1.807, 2.05) is 31.3 Å². The summed E-state index contributed by atoms with van der Waals surface area (Å²) in [5.74, 6) is 0.899. The monoisotopic (exact) mass is 314 g/mol. The Labute approximate surface area is 132 Å². The highest BCUT2D eigenvalue weighted by atomic mass is 35.5. The van der Waals surface area contributed by atoms with E-state index in [0.717, 1.165) is 24.3 Å². The zero-order valence-electron chi connectivity index (χ0n) is 12.5. The molecule has 6 heteroatoms. The number of carbonyl (C=O) groups excluding carboxylic acids is 1. The number of halogens is 1. The van der Waals surface area contributed by atoms with Gasteiger partial charge in [0.05, 0.1) is 13.7 Å². The minimum absolute atomic E-state index is 0. The molecule has 1 aliphatic rings. The molecule has 0 aromatic heterocycles. The number of nitrogens with zero attached hydrogens (tertiary/aromatic N) is 1. The normalized spacial score (nSPS) is 17.7. The first-order valence-electron chi connectivity index (χ1n) is 6.91. The number of nitrogens with one attached hydrogen (secondary N) is 1. The summed E-state index contributed by atoms with van der Waals surface area (Å²) in [6, 6.07) is 7.88. The fourth-order valence-electron chi connectivity index (χ4n) is 2.28. The quantitative estimate of drug-likeness (QED) is 0.884. The van der Waals surface area contributed by atoms with Gasteiger partial charge >= 0.3 is 0 Å². The lowest BCUT2D eigenvalue weighted by Crippen LogP contribution is -2.48. The molecule has 1 N–H and O–H groups in total. The summed E-state index contributed by atoms with van der Waals surface area (Å²) in [7, 11) is 3.48. The Morgan fingerprint density at radius 2 is 2.24 bits per heavy atom. The van der Waals surface area contributed by atoms with Gasteiger partial charge in [-0.25, -0.2) is 0 Å². The van der Waals surface area contributed by atoms with Gasteiger partial charge in [-0.2, -0.15) is 0 Å². The molecule has 1 amide bonds. The lowest BCUT2D eigenvalue weighted by Gasteiger charge is -2.27. The van der Waals surface area contributed by atoms with Crippen molar-refractivity contribution in [1.82, 2.24) is 10.2 Å². The minimum Gasteiger partial charge on any atom is -0.496 e. The number of methoxy groups -OCH3 is 1. The second-order valence-corrected chi connectivity index (χ2v) is 4.89. The van der Waals surface area contributed by atoms with Crippen LogP contribution in [0.1, 0.15) is 5.56 Å². The maximum Gasteiger partial charge on any atom is 0.252 e. The molecule has 0 spiro atoms. The average Bonchev–Trinajstić information content (AvgIpc) is 2.53. The maximum absolute atomic E-state index is 12.2. The highest BCUT2D eigenvalue weighted by Crippen LogP contribution is 2.18. The lowest BCUT2D eigenvalue weighted by atomic mass is 10.1. The third-order valence-corrected chi connectivity index (χ3v) is 3.49. The predicted octanol–water partition coefficient (Wildman–Crippen LogP) is 1.11. The summed E-state index contributed by atoms with van der Waals surface area (Å²) < 4.78 is 10.8. The first-order chi connectivity index (χ1) is 9.72. The van der Waals surface area contributed by atoms with Crippen LogP contribution in [0.5, 0.6) is 5.75 Å². The van der Waals surface area contributed by atoms with Gasteiger partial charge in [0.25, 0.3) is 5.91 Å². The Balaban J connectivity index is 0.00000220. The summed E-state index contributed by atoms with van der Waals surface area (Å²) in [6.07, 6.45) is 0.415. The first-order valence-corrected chi connectivity index (χ1v) is 6.91. The van der Waals surface area contributed by atoms with Gasteiger partial charge in [-0.15, -0.1) is 12.4 Å². The van der Waals surface area contributed by atoms with Crippen LogP contribution < -0.4 is 10.1 Å². The number of benzene rings is 1. The van der Waals surface area contributed by atoms with E-state index >= 15 is 0 Å². The van der Waals surface area contributed by atoms with Crippen LogP contribution in [0.4, 0.5) is 0 Å². The van der Waals surface area contributed by atoms with Crippen LogP contribution >= 0.6 is 12.4 Å². The Kier molecular flexibility index (Phi) is 7.50. The van der Waals surface area contributed by atoms with Crippen LogP contribution in [0, 0.1) is 0 Å². The molecule has 2 rings (SSSR count). The number of para-hydroxylation sites is 1. The number of carbonyl (C=O) groups is 1. The third kappa shape index (κ3) is 4.88. The van der Waals surface area contributed by atoms with Crippen molar-refractivity contribution in [3.8, 4) is 5.75 Å². The molecular formula is C15H23ClN2O3. The molecule has 21 heavy (non-hydrogen) atoms. The van der Waals surface area contributed by atoms with E-state index in [-0.39, 0.29) is 24.4 Å². The Morgan fingerprint density at radius 1 is 1.48 bits per heavy atom. The van der Waals surface area contributed by atoms with E-state index in [0.29, 0.717) is 19.7 Å². The van der Waals surface area contributed by atoms with Gasteiger partial charge in [0.2, 0.25) is 0 Å². The van der Waals surface area contributed by atoms with Gasteiger partial charge in [0.1, 0.15) is 11.9 Å². The SMILES string of the molecule is COc1ccccc1CCN(C)C(=O)C1CNCCO1.Cl. The largest absolute Gasteiger partial charge is 0.496 e. The molecule has 1 heterocycles.